The summed E-state index contributed by atoms with van der Waals surface area (Å²) < 4.78 is 15.2. The van der Waals surface area contributed by atoms with Crippen LogP contribution in [0.1, 0.15) is 6.42 Å². The summed E-state index contributed by atoms with van der Waals surface area (Å²) in [6.45, 7) is 1.43. The van der Waals surface area contributed by atoms with Crippen LogP contribution in [0.4, 0.5) is 0 Å². The van der Waals surface area contributed by atoms with Crippen molar-refractivity contribution in [2.24, 2.45) is 0 Å². The molecule has 0 aromatic rings. The lowest BCUT2D eigenvalue weighted by Crippen LogP contribution is -2.35. The molecule has 10 heteroatoms. The molecule has 0 saturated carbocycles. The van der Waals surface area contributed by atoms with Gasteiger partial charge in [-0.3, -0.25) is 19.3 Å². The van der Waals surface area contributed by atoms with Gasteiger partial charge in [0.2, 0.25) is 5.91 Å². The van der Waals surface area contributed by atoms with Crippen LogP contribution in [-0.2, 0) is 33.4 Å². The Morgan fingerprint density at radius 3 is 2.12 bits per heavy atom. The first kappa shape index (κ1) is 20.7. The molecule has 3 amide bonds. The fraction of sp³-hybridized carbons (Fsp3) is 0.600. The van der Waals surface area contributed by atoms with Crippen molar-refractivity contribution in [2.75, 3.05) is 52.7 Å². The SMILES string of the molecule is O=C(O)COCCOCCOCCNC(=O)CCN1C(=O)C=CC1=O. The van der Waals surface area contributed by atoms with Crippen LogP contribution in [0.15, 0.2) is 12.2 Å². The average Bonchev–Trinajstić information content (AvgIpc) is 2.88. The van der Waals surface area contributed by atoms with E-state index in [1.165, 1.54) is 12.2 Å². The van der Waals surface area contributed by atoms with Crippen molar-refractivity contribution in [2.45, 2.75) is 6.42 Å². The van der Waals surface area contributed by atoms with E-state index in [0.717, 1.165) is 4.90 Å². The number of hydrogen-bond acceptors (Lipinski definition) is 7. The minimum atomic E-state index is -1.03. The monoisotopic (exact) mass is 358 g/mol. The van der Waals surface area contributed by atoms with E-state index in [1.54, 1.807) is 0 Å². The van der Waals surface area contributed by atoms with Crippen molar-refractivity contribution >= 4 is 23.7 Å². The van der Waals surface area contributed by atoms with Crippen LogP contribution in [0.2, 0.25) is 0 Å². The predicted octanol–water partition coefficient (Wildman–Crippen LogP) is -1.45. The third-order valence-electron chi connectivity index (χ3n) is 3.00. The normalized spacial score (nSPS) is 13.5. The molecule has 25 heavy (non-hydrogen) atoms. The number of ether oxygens (including phenoxy) is 3. The quantitative estimate of drug-likeness (QED) is 0.285. The molecular formula is C15H22N2O8. The molecule has 0 atom stereocenters. The molecule has 0 aromatic heterocycles. The Bertz CT molecular complexity index is 488. The molecule has 1 heterocycles. The first-order chi connectivity index (χ1) is 12.0. The number of carbonyl (C=O) groups excluding carboxylic acids is 3. The lowest BCUT2D eigenvalue weighted by molar-refractivity contribution is -0.143. The Balaban J connectivity index is 1.88. The number of carboxylic acid groups (broad SMARTS) is 1. The fourth-order valence-corrected chi connectivity index (χ4v) is 1.82. The van der Waals surface area contributed by atoms with Crippen molar-refractivity contribution in [3.05, 3.63) is 12.2 Å². The van der Waals surface area contributed by atoms with Gasteiger partial charge in [0, 0.05) is 31.7 Å². The Labute approximate surface area is 144 Å². The van der Waals surface area contributed by atoms with Crippen LogP contribution in [0.3, 0.4) is 0 Å². The number of imide groups is 1. The van der Waals surface area contributed by atoms with E-state index in [9.17, 15) is 19.2 Å². The van der Waals surface area contributed by atoms with Gasteiger partial charge in [-0.15, -0.1) is 0 Å². The summed E-state index contributed by atoms with van der Waals surface area (Å²) in [5.41, 5.74) is 0. The number of hydrogen-bond donors (Lipinski definition) is 2. The molecule has 2 N–H and O–H groups in total. The molecule has 1 aliphatic rings. The van der Waals surface area contributed by atoms with Gasteiger partial charge in [-0.2, -0.15) is 0 Å². The molecule has 140 valence electrons. The molecule has 1 rings (SSSR count). The minimum absolute atomic E-state index is 0.0403. The molecule has 0 unspecified atom stereocenters. The van der Waals surface area contributed by atoms with Crippen molar-refractivity contribution in [3.63, 3.8) is 0 Å². The topological polar surface area (TPSA) is 131 Å². The molecule has 1 aliphatic heterocycles. The number of nitrogens with one attached hydrogen (secondary N) is 1. The van der Waals surface area contributed by atoms with Gasteiger partial charge in [0.15, 0.2) is 0 Å². The Morgan fingerprint density at radius 2 is 1.52 bits per heavy atom. The van der Waals surface area contributed by atoms with Crippen molar-refractivity contribution in [3.8, 4) is 0 Å². The van der Waals surface area contributed by atoms with Gasteiger partial charge in [0.05, 0.1) is 33.0 Å². The molecular weight excluding hydrogens is 336 g/mol. The second kappa shape index (κ2) is 12.1. The van der Waals surface area contributed by atoms with E-state index >= 15 is 0 Å². The highest BCUT2D eigenvalue weighted by atomic mass is 16.5. The number of carbonyl (C=O) groups is 4. The number of amides is 3. The summed E-state index contributed by atoms with van der Waals surface area (Å²) in [5.74, 6) is -2.12. The van der Waals surface area contributed by atoms with Crippen LogP contribution < -0.4 is 5.32 Å². The predicted molar refractivity (Wildman–Crippen MR) is 83.6 cm³/mol. The van der Waals surface area contributed by atoms with E-state index in [1.807, 2.05) is 0 Å². The number of aliphatic carboxylic acids is 1. The number of nitrogens with zero attached hydrogens (tertiary/aromatic N) is 1. The lowest BCUT2D eigenvalue weighted by atomic mass is 10.3. The minimum Gasteiger partial charge on any atom is -0.480 e. The molecule has 0 aromatic carbocycles. The maximum absolute atomic E-state index is 11.6. The van der Waals surface area contributed by atoms with Gasteiger partial charge in [0.25, 0.3) is 11.8 Å². The van der Waals surface area contributed by atoms with Crippen LogP contribution >= 0.6 is 0 Å². The molecule has 0 radical (unpaired) electrons. The summed E-state index contributed by atoms with van der Waals surface area (Å²) in [5, 5.41) is 11.0. The van der Waals surface area contributed by atoms with E-state index < -0.39 is 17.8 Å². The average molecular weight is 358 g/mol. The van der Waals surface area contributed by atoms with Gasteiger partial charge in [0.1, 0.15) is 6.61 Å². The van der Waals surface area contributed by atoms with Gasteiger partial charge >= 0.3 is 5.97 Å². The van der Waals surface area contributed by atoms with Crippen molar-refractivity contribution < 1.29 is 38.5 Å². The Morgan fingerprint density at radius 1 is 0.960 bits per heavy atom. The number of carboxylic acids is 1. The number of rotatable bonds is 14. The van der Waals surface area contributed by atoms with E-state index in [4.69, 9.17) is 19.3 Å². The standard InChI is InChI=1S/C15H22N2O8/c18-12(3-5-17-13(19)1-2-14(17)20)16-4-6-23-7-8-24-9-10-25-11-15(21)22/h1-2H,3-11H2,(H,16,18)(H,21,22). The highest BCUT2D eigenvalue weighted by Crippen LogP contribution is 2.03. The molecule has 0 spiro atoms. The van der Waals surface area contributed by atoms with E-state index in [2.05, 4.69) is 5.32 Å². The first-order valence-corrected chi connectivity index (χ1v) is 7.76. The van der Waals surface area contributed by atoms with Crippen LogP contribution in [0.25, 0.3) is 0 Å². The second-order valence-corrected chi connectivity index (χ2v) is 4.93. The smallest absolute Gasteiger partial charge is 0.329 e. The van der Waals surface area contributed by atoms with Gasteiger partial charge in [-0.25, -0.2) is 4.79 Å². The zero-order valence-electron chi connectivity index (χ0n) is 13.8. The van der Waals surface area contributed by atoms with Gasteiger partial charge in [-0.05, 0) is 0 Å². The second-order valence-electron chi connectivity index (χ2n) is 4.93. The Hall–Kier alpha value is -2.30. The van der Waals surface area contributed by atoms with Gasteiger partial charge in [-0.1, -0.05) is 0 Å². The summed E-state index contributed by atoms with van der Waals surface area (Å²) >= 11 is 0. The Kier molecular flexibility index (Phi) is 10.1. The summed E-state index contributed by atoms with van der Waals surface area (Å²) in [6.07, 6.45) is 2.39. The van der Waals surface area contributed by atoms with Crippen molar-refractivity contribution in [1.29, 1.82) is 0 Å². The third kappa shape index (κ3) is 9.55. The maximum atomic E-state index is 11.6. The molecule has 0 aliphatic carbocycles. The summed E-state index contributed by atoms with van der Waals surface area (Å²) in [7, 11) is 0. The molecule has 0 bridgehead atoms. The third-order valence-corrected chi connectivity index (χ3v) is 3.00. The van der Waals surface area contributed by atoms with E-state index in [-0.39, 0.29) is 38.7 Å². The molecule has 0 saturated heterocycles. The molecule has 10 nitrogen and oxygen atoms in total. The zero-order chi connectivity index (χ0) is 18.5. The van der Waals surface area contributed by atoms with E-state index in [0.29, 0.717) is 26.4 Å². The first-order valence-electron chi connectivity index (χ1n) is 7.76. The lowest BCUT2D eigenvalue weighted by Gasteiger charge is -2.13. The largest absolute Gasteiger partial charge is 0.480 e. The summed E-state index contributed by atoms with van der Waals surface area (Å²) in [6, 6.07) is 0. The van der Waals surface area contributed by atoms with Crippen molar-refractivity contribution in [1.82, 2.24) is 10.2 Å². The highest BCUT2D eigenvalue weighted by molar-refractivity contribution is 6.13. The van der Waals surface area contributed by atoms with Crippen LogP contribution in [-0.4, -0.2) is 86.4 Å². The maximum Gasteiger partial charge on any atom is 0.329 e. The highest BCUT2D eigenvalue weighted by Gasteiger charge is 2.23. The van der Waals surface area contributed by atoms with Crippen LogP contribution in [0.5, 0.6) is 0 Å². The van der Waals surface area contributed by atoms with Gasteiger partial charge < -0.3 is 24.6 Å². The fourth-order valence-electron chi connectivity index (χ4n) is 1.82. The van der Waals surface area contributed by atoms with Crippen LogP contribution in [0, 0.1) is 0 Å². The summed E-state index contributed by atoms with van der Waals surface area (Å²) in [4.78, 5) is 45.3. The molecule has 0 fully saturated rings. The zero-order valence-corrected chi connectivity index (χ0v) is 13.8.